The standard InChI is InChI=1S/C17H29N3O/c1-3-9-18-10-6-11-19-12-14-20(15-13-19)16-7-4-5-8-17(16)21-2/h4-5,7-8,18H,3,6,9-15H2,1-2H3. The monoisotopic (exact) mass is 291 g/mol. The lowest BCUT2D eigenvalue weighted by Crippen LogP contribution is -2.47. The number of nitrogens with zero attached hydrogens (tertiary/aromatic N) is 2. The summed E-state index contributed by atoms with van der Waals surface area (Å²) in [6, 6.07) is 8.32. The fourth-order valence-electron chi connectivity index (χ4n) is 2.83. The summed E-state index contributed by atoms with van der Waals surface area (Å²) in [5, 5.41) is 3.47. The molecule has 118 valence electrons. The lowest BCUT2D eigenvalue weighted by Gasteiger charge is -2.36. The van der Waals surface area contributed by atoms with E-state index in [0.29, 0.717) is 0 Å². The first-order valence-electron chi connectivity index (χ1n) is 8.16. The molecule has 21 heavy (non-hydrogen) atoms. The maximum Gasteiger partial charge on any atom is 0.142 e. The third kappa shape index (κ3) is 4.90. The summed E-state index contributed by atoms with van der Waals surface area (Å²) < 4.78 is 5.46. The molecule has 0 bridgehead atoms. The van der Waals surface area contributed by atoms with E-state index in [2.05, 4.69) is 34.2 Å². The molecular formula is C17H29N3O. The molecule has 0 spiro atoms. The highest BCUT2D eigenvalue weighted by Gasteiger charge is 2.18. The smallest absolute Gasteiger partial charge is 0.142 e. The number of nitrogens with one attached hydrogen (secondary N) is 1. The third-order valence-electron chi connectivity index (χ3n) is 4.05. The molecule has 1 aromatic rings. The van der Waals surface area contributed by atoms with Crippen molar-refractivity contribution in [1.82, 2.24) is 10.2 Å². The minimum absolute atomic E-state index is 0.981. The van der Waals surface area contributed by atoms with Crippen LogP contribution in [0.1, 0.15) is 19.8 Å². The maximum atomic E-state index is 5.46. The number of ether oxygens (including phenoxy) is 1. The van der Waals surface area contributed by atoms with Crippen LogP contribution in [0.4, 0.5) is 5.69 Å². The van der Waals surface area contributed by atoms with Crippen LogP contribution in [0, 0.1) is 0 Å². The van der Waals surface area contributed by atoms with Gasteiger partial charge in [0.25, 0.3) is 0 Å². The number of rotatable bonds is 8. The van der Waals surface area contributed by atoms with E-state index in [0.717, 1.165) is 45.0 Å². The van der Waals surface area contributed by atoms with Gasteiger partial charge in [-0.2, -0.15) is 0 Å². The zero-order chi connectivity index (χ0) is 14.9. The number of hydrogen-bond donors (Lipinski definition) is 1. The van der Waals surface area contributed by atoms with Crippen molar-refractivity contribution in [2.45, 2.75) is 19.8 Å². The largest absolute Gasteiger partial charge is 0.495 e. The number of methoxy groups -OCH3 is 1. The highest BCUT2D eigenvalue weighted by atomic mass is 16.5. The molecule has 1 saturated heterocycles. The molecule has 0 saturated carbocycles. The van der Waals surface area contributed by atoms with Gasteiger partial charge < -0.3 is 15.0 Å². The van der Waals surface area contributed by atoms with Gasteiger partial charge in [-0.1, -0.05) is 19.1 Å². The van der Waals surface area contributed by atoms with Gasteiger partial charge in [-0.25, -0.2) is 0 Å². The molecule has 1 heterocycles. The Balaban J connectivity index is 1.73. The van der Waals surface area contributed by atoms with Crippen LogP contribution in [-0.4, -0.2) is 57.8 Å². The second-order valence-electron chi connectivity index (χ2n) is 5.60. The highest BCUT2D eigenvalue weighted by Crippen LogP contribution is 2.28. The van der Waals surface area contributed by atoms with Crippen molar-refractivity contribution in [3.63, 3.8) is 0 Å². The Labute approximate surface area is 129 Å². The number of benzene rings is 1. The SMILES string of the molecule is CCCNCCCN1CCN(c2ccccc2OC)CC1. The number of anilines is 1. The van der Waals surface area contributed by atoms with Crippen LogP contribution in [-0.2, 0) is 0 Å². The van der Waals surface area contributed by atoms with Gasteiger partial charge in [0.2, 0.25) is 0 Å². The van der Waals surface area contributed by atoms with Gasteiger partial charge in [-0.3, -0.25) is 4.90 Å². The Bertz CT molecular complexity index is 403. The maximum absolute atomic E-state index is 5.46. The fraction of sp³-hybridized carbons (Fsp3) is 0.647. The first kappa shape index (κ1) is 16.1. The minimum atomic E-state index is 0.981. The summed E-state index contributed by atoms with van der Waals surface area (Å²) in [6.07, 6.45) is 2.46. The molecule has 0 radical (unpaired) electrons. The molecule has 4 nitrogen and oxygen atoms in total. The van der Waals surface area contributed by atoms with Crippen molar-refractivity contribution >= 4 is 5.69 Å². The van der Waals surface area contributed by atoms with Crippen molar-refractivity contribution in [3.05, 3.63) is 24.3 Å². The topological polar surface area (TPSA) is 27.7 Å². The number of piperazine rings is 1. The van der Waals surface area contributed by atoms with Crippen LogP contribution >= 0.6 is 0 Å². The van der Waals surface area contributed by atoms with E-state index in [4.69, 9.17) is 4.74 Å². The summed E-state index contributed by atoms with van der Waals surface area (Å²) in [5.74, 6) is 0.981. The summed E-state index contributed by atoms with van der Waals surface area (Å²) >= 11 is 0. The van der Waals surface area contributed by atoms with E-state index >= 15 is 0 Å². The van der Waals surface area contributed by atoms with E-state index in [1.807, 2.05) is 12.1 Å². The van der Waals surface area contributed by atoms with Gasteiger partial charge in [0.1, 0.15) is 5.75 Å². The third-order valence-corrected chi connectivity index (χ3v) is 4.05. The molecule has 0 aliphatic carbocycles. The van der Waals surface area contributed by atoms with Gasteiger partial charge in [-0.15, -0.1) is 0 Å². The number of para-hydroxylation sites is 2. The first-order chi connectivity index (χ1) is 10.3. The summed E-state index contributed by atoms with van der Waals surface area (Å²) in [5.41, 5.74) is 1.23. The van der Waals surface area contributed by atoms with E-state index in [9.17, 15) is 0 Å². The van der Waals surface area contributed by atoms with E-state index in [1.165, 1.54) is 25.1 Å². The second-order valence-corrected chi connectivity index (χ2v) is 5.60. The highest BCUT2D eigenvalue weighted by molar-refractivity contribution is 5.58. The molecular weight excluding hydrogens is 262 g/mol. The van der Waals surface area contributed by atoms with Gasteiger partial charge in [0, 0.05) is 26.2 Å². The quantitative estimate of drug-likeness (QED) is 0.743. The van der Waals surface area contributed by atoms with Crippen molar-refractivity contribution in [1.29, 1.82) is 0 Å². The molecule has 0 amide bonds. The Morgan fingerprint density at radius 2 is 1.86 bits per heavy atom. The molecule has 2 rings (SSSR count). The predicted octanol–water partition coefficient (Wildman–Crippen LogP) is 2.21. The second kappa shape index (κ2) is 8.90. The number of hydrogen-bond acceptors (Lipinski definition) is 4. The molecule has 0 atom stereocenters. The van der Waals surface area contributed by atoms with Crippen LogP contribution in [0.5, 0.6) is 5.75 Å². The van der Waals surface area contributed by atoms with E-state index in [-0.39, 0.29) is 0 Å². The molecule has 1 fully saturated rings. The summed E-state index contributed by atoms with van der Waals surface area (Å²) in [4.78, 5) is 5.00. The van der Waals surface area contributed by atoms with Crippen molar-refractivity contribution in [3.8, 4) is 5.75 Å². The van der Waals surface area contributed by atoms with Crippen LogP contribution in [0.15, 0.2) is 24.3 Å². The first-order valence-corrected chi connectivity index (χ1v) is 8.16. The zero-order valence-corrected chi connectivity index (χ0v) is 13.5. The van der Waals surface area contributed by atoms with Gasteiger partial charge in [0.15, 0.2) is 0 Å². The van der Waals surface area contributed by atoms with Gasteiger partial charge in [-0.05, 0) is 44.6 Å². The van der Waals surface area contributed by atoms with Crippen molar-refractivity contribution in [2.75, 3.05) is 57.8 Å². The van der Waals surface area contributed by atoms with Crippen LogP contribution in [0.3, 0.4) is 0 Å². The average molecular weight is 291 g/mol. The normalized spacial score (nSPS) is 16.2. The lowest BCUT2D eigenvalue weighted by molar-refractivity contribution is 0.253. The van der Waals surface area contributed by atoms with E-state index < -0.39 is 0 Å². The summed E-state index contributed by atoms with van der Waals surface area (Å²) in [7, 11) is 1.75. The summed E-state index contributed by atoms with van der Waals surface area (Å²) in [6.45, 7) is 10.2. The average Bonchev–Trinajstić information content (AvgIpc) is 2.55. The Kier molecular flexibility index (Phi) is 6.83. The Morgan fingerprint density at radius 1 is 1.10 bits per heavy atom. The Morgan fingerprint density at radius 3 is 2.57 bits per heavy atom. The van der Waals surface area contributed by atoms with Crippen molar-refractivity contribution < 1.29 is 4.74 Å². The van der Waals surface area contributed by atoms with Crippen LogP contribution in [0.25, 0.3) is 0 Å². The van der Waals surface area contributed by atoms with Gasteiger partial charge in [0.05, 0.1) is 12.8 Å². The molecule has 0 aromatic heterocycles. The lowest BCUT2D eigenvalue weighted by atomic mass is 10.2. The molecule has 4 heteroatoms. The fourth-order valence-corrected chi connectivity index (χ4v) is 2.83. The molecule has 1 aliphatic rings. The van der Waals surface area contributed by atoms with E-state index in [1.54, 1.807) is 7.11 Å². The van der Waals surface area contributed by atoms with Crippen LogP contribution < -0.4 is 15.0 Å². The van der Waals surface area contributed by atoms with Crippen LogP contribution in [0.2, 0.25) is 0 Å². The molecule has 1 aliphatic heterocycles. The zero-order valence-electron chi connectivity index (χ0n) is 13.5. The molecule has 1 N–H and O–H groups in total. The molecule has 1 aromatic carbocycles. The van der Waals surface area contributed by atoms with Gasteiger partial charge >= 0.3 is 0 Å². The Hall–Kier alpha value is -1.26. The minimum Gasteiger partial charge on any atom is -0.495 e. The molecule has 0 unspecified atom stereocenters. The predicted molar refractivity (Wildman–Crippen MR) is 89.4 cm³/mol. The van der Waals surface area contributed by atoms with Crippen molar-refractivity contribution in [2.24, 2.45) is 0 Å².